The highest BCUT2D eigenvalue weighted by atomic mass is 35.5. The van der Waals surface area contributed by atoms with Crippen LogP contribution in [-0.2, 0) is 16.0 Å². The zero-order chi connectivity index (χ0) is 15.7. The molecule has 1 N–H and O–H groups in total. The summed E-state index contributed by atoms with van der Waals surface area (Å²) in [4.78, 5) is 10.7. The van der Waals surface area contributed by atoms with Gasteiger partial charge >= 0.3 is 0 Å². The van der Waals surface area contributed by atoms with Gasteiger partial charge in [-0.2, -0.15) is 0 Å². The standard InChI is InChI=1S/C16H24ClNO3/c1-12(2)8-14(18-11-19)9-13-4-5-15(17)16(10-13)21-7-6-20-3/h4-5,10-12,14H,6-9H2,1-3H3,(H,18,19)/t14-/m0/s1. The number of halogens is 1. The Kier molecular flexibility index (Phi) is 8.16. The molecule has 1 atom stereocenters. The number of hydrogen-bond donors (Lipinski definition) is 1. The average Bonchev–Trinajstić information content (AvgIpc) is 2.42. The van der Waals surface area contributed by atoms with Gasteiger partial charge in [0.05, 0.1) is 11.6 Å². The van der Waals surface area contributed by atoms with E-state index < -0.39 is 0 Å². The molecule has 0 aromatic heterocycles. The van der Waals surface area contributed by atoms with E-state index in [9.17, 15) is 4.79 Å². The van der Waals surface area contributed by atoms with Crippen molar-refractivity contribution in [1.82, 2.24) is 5.32 Å². The molecular weight excluding hydrogens is 290 g/mol. The van der Waals surface area contributed by atoms with Gasteiger partial charge < -0.3 is 14.8 Å². The fourth-order valence-electron chi connectivity index (χ4n) is 2.18. The van der Waals surface area contributed by atoms with Crippen molar-refractivity contribution in [1.29, 1.82) is 0 Å². The molecule has 0 fully saturated rings. The number of carbonyl (C=O) groups is 1. The first-order valence-electron chi connectivity index (χ1n) is 7.16. The van der Waals surface area contributed by atoms with Crippen LogP contribution in [0.2, 0.25) is 5.02 Å². The lowest BCUT2D eigenvalue weighted by atomic mass is 9.97. The molecule has 0 spiro atoms. The van der Waals surface area contributed by atoms with Crippen LogP contribution < -0.4 is 10.1 Å². The molecule has 0 aliphatic carbocycles. The van der Waals surface area contributed by atoms with Gasteiger partial charge in [-0.3, -0.25) is 4.79 Å². The number of nitrogens with one attached hydrogen (secondary N) is 1. The first-order chi connectivity index (χ1) is 10.1. The second-order valence-electron chi connectivity index (χ2n) is 5.42. The summed E-state index contributed by atoms with van der Waals surface area (Å²) in [6, 6.07) is 5.84. The lowest BCUT2D eigenvalue weighted by Crippen LogP contribution is -2.31. The Balaban J connectivity index is 2.72. The molecule has 5 heteroatoms. The third-order valence-corrected chi connectivity index (χ3v) is 3.39. The monoisotopic (exact) mass is 313 g/mol. The van der Waals surface area contributed by atoms with Gasteiger partial charge in [-0.15, -0.1) is 0 Å². The molecular formula is C16H24ClNO3. The summed E-state index contributed by atoms with van der Waals surface area (Å²) in [6.07, 6.45) is 2.45. The van der Waals surface area contributed by atoms with Crippen molar-refractivity contribution in [2.75, 3.05) is 20.3 Å². The first kappa shape index (κ1) is 17.8. The molecule has 1 aromatic carbocycles. The van der Waals surface area contributed by atoms with E-state index >= 15 is 0 Å². The van der Waals surface area contributed by atoms with Crippen molar-refractivity contribution in [3.8, 4) is 5.75 Å². The Bertz CT molecular complexity index is 438. The van der Waals surface area contributed by atoms with Crippen LogP contribution in [0.5, 0.6) is 5.75 Å². The molecule has 21 heavy (non-hydrogen) atoms. The second kappa shape index (κ2) is 9.64. The highest BCUT2D eigenvalue weighted by Crippen LogP contribution is 2.26. The normalized spacial score (nSPS) is 12.2. The summed E-state index contributed by atoms with van der Waals surface area (Å²) in [5, 5.41) is 3.46. The molecule has 0 saturated heterocycles. The largest absolute Gasteiger partial charge is 0.490 e. The van der Waals surface area contributed by atoms with Crippen LogP contribution in [0.25, 0.3) is 0 Å². The third kappa shape index (κ3) is 6.82. The van der Waals surface area contributed by atoms with Crippen molar-refractivity contribution < 1.29 is 14.3 Å². The van der Waals surface area contributed by atoms with E-state index in [4.69, 9.17) is 21.1 Å². The van der Waals surface area contributed by atoms with Crippen LogP contribution in [0.3, 0.4) is 0 Å². The van der Waals surface area contributed by atoms with Crippen LogP contribution in [0.4, 0.5) is 0 Å². The maximum Gasteiger partial charge on any atom is 0.207 e. The summed E-state index contributed by atoms with van der Waals surface area (Å²) >= 11 is 6.12. The topological polar surface area (TPSA) is 47.6 Å². The van der Waals surface area contributed by atoms with E-state index in [1.807, 2.05) is 18.2 Å². The lowest BCUT2D eigenvalue weighted by Gasteiger charge is -2.19. The zero-order valence-corrected chi connectivity index (χ0v) is 13.7. The summed E-state index contributed by atoms with van der Waals surface area (Å²) in [5.74, 6) is 1.17. The van der Waals surface area contributed by atoms with Gasteiger partial charge in [-0.05, 0) is 36.5 Å². The minimum absolute atomic E-state index is 0.121. The summed E-state index contributed by atoms with van der Waals surface area (Å²) in [5.41, 5.74) is 1.09. The van der Waals surface area contributed by atoms with E-state index in [1.165, 1.54) is 0 Å². The van der Waals surface area contributed by atoms with Gasteiger partial charge in [0, 0.05) is 13.2 Å². The lowest BCUT2D eigenvalue weighted by molar-refractivity contribution is -0.110. The number of hydrogen-bond acceptors (Lipinski definition) is 3. The van der Waals surface area contributed by atoms with Crippen LogP contribution in [0, 0.1) is 5.92 Å². The zero-order valence-electron chi connectivity index (χ0n) is 12.9. The van der Waals surface area contributed by atoms with E-state index in [0.29, 0.717) is 29.9 Å². The highest BCUT2D eigenvalue weighted by Gasteiger charge is 2.12. The fraction of sp³-hybridized carbons (Fsp3) is 0.562. The average molecular weight is 314 g/mol. The Hall–Kier alpha value is -1.26. The molecule has 1 rings (SSSR count). The molecule has 0 unspecified atom stereocenters. The molecule has 1 aromatic rings. The maximum atomic E-state index is 10.7. The molecule has 0 radical (unpaired) electrons. The number of benzene rings is 1. The number of carbonyl (C=O) groups excluding carboxylic acids is 1. The van der Waals surface area contributed by atoms with Crippen molar-refractivity contribution in [2.45, 2.75) is 32.7 Å². The molecule has 0 aliphatic rings. The quantitative estimate of drug-likeness (QED) is 0.533. The van der Waals surface area contributed by atoms with Crippen LogP contribution in [0.15, 0.2) is 18.2 Å². The molecule has 118 valence electrons. The molecule has 1 amide bonds. The predicted molar refractivity (Wildman–Crippen MR) is 85.0 cm³/mol. The number of amides is 1. The van der Waals surface area contributed by atoms with E-state index in [1.54, 1.807) is 7.11 Å². The van der Waals surface area contributed by atoms with Crippen molar-refractivity contribution in [3.05, 3.63) is 28.8 Å². The Morgan fingerprint density at radius 2 is 2.10 bits per heavy atom. The summed E-state index contributed by atoms with van der Waals surface area (Å²) in [6.45, 7) is 5.26. The van der Waals surface area contributed by atoms with Gasteiger partial charge in [0.1, 0.15) is 12.4 Å². The number of ether oxygens (including phenoxy) is 2. The van der Waals surface area contributed by atoms with Gasteiger partial charge in [0.15, 0.2) is 0 Å². The molecule has 0 heterocycles. The third-order valence-electron chi connectivity index (χ3n) is 3.08. The van der Waals surface area contributed by atoms with E-state index in [0.717, 1.165) is 24.8 Å². The van der Waals surface area contributed by atoms with Crippen molar-refractivity contribution in [2.24, 2.45) is 5.92 Å². The molecule has 0 aliphatic heterocycles. The van der Waals surface area contributed by atoms with Crippen LogP contribution in [-0.4, -0.2) is 32.8 Å². The maximum absolute atomic E-state index is 10.7. The Morgan fingerprint density at radius 1 is 1.33 bits per heavy atom. The van der Waals surface area contributed by atoms with E-state index in [-0.39, 0.29) is 6.04 Å². The second-order valence-corrected chi connectivity index (χ2v) is 5.83. The van der Waals surface area contributed by atoms with Crippen LogP contribution >= 0.6 is 11.6 Å². The Morgan fingerprint density at radius 3 is 2.71 bits per heavy atom. The molecule has 0 bridgehead atoms. The fourth-order valence-corrected chi connectivity index (χ4v) is 2.35. The smallest absolute Gasteiger partial charge is 0.207 e. The predicted octanol–water partition coefficient (Wildman–Crippen LogP) is 3.07. The first-order valence-corrected chi connectivity index (χ1v) is 7.54. The van der Waals surface area contributed by atoms with Gasteiger partial charge in [0.2, 0.25) is 6.41 Å². The summed E-state index contributed by atoms with van der Waals surface area (Å²) < 4.78 is 10.6. The van der Waals surface area contributed by atoms with Crippen molar-refractivity contribution >= 4 is 18.0 Å². The minimum Gasteiger partial charge on any atom is -0.490 e. The van der Waals surface area contributed by atoms with Crippen LogP contribution in [0.1, 0.15) is 25.8 Å². The number of rotatable bonds is 10. The Labute approximate surface area is 131 Å². The minimum atomic E-state index is 0.121. The molecule has 0 saturated carbocycles. The SMILES string of the molecule is COCCOc1cc(C[C@H](CC(C)C)NC=O)ccc1Cl. The van der Waals surface area contributed by atoms with E-state index in [2.05, 4.69) is 19.2 Å². The highest BCUT2D eigenvalue weighted by molar-refractivity contribution is 6.32. The van der Waals surface area contributed by atoms with Crippen molar-refractivity contribution in [3.63, 3.8) is 0 Å². The van der Waals surface area contributed by atoms with Gasteiger partial charge in [-0.1, -0.05) is 31.5 Å². The van der Waals surface area contributed by atoms with Gasteiger partial charge in [-0.25, -0.2) is 0 Å². The molecule has 4 nitrogen and oxygen atoms in total. The van der Waals surface area contributed by atoms with Gasteiger partial charge in [0.25, 0.3) is 0 Å². The number of methoxy groups -OCH3 is 1. The summed E-state index contributed by atoms with van der Waals surface area (Å²) in [7, 11) is 1.63.